The Bertz CT molecular complexity index is 170. The fraction of sp³-hybridized carbons (Fsp3) is 0.714. The van der Waals surface area contributed by atoms with E-state index in [1.807, 2.05) is 0 Å². The monoisotopic (exact) mass is 204 g/mol. The molecular weight excluding hydrogens is 196 g/mol. The van der Waals surface area contributed by atoms with Gasteiger partial charge in [0.25, 0.3) is 0 Å². The number of aliphatic hydroxyl groups is 2. The first-order chi connectivity index (χ1) is 4.79. The van der Waals surface area contributed by atoms with E-state index in [1.165, 1.54) is 0 Å². The van der Waals surface area contributed by atoms with E-state index in [4.69, 9.17) is 10.2 Å². The van der Waals surface area contributed by atoms with E-state index in [-0.39, 0.29) is 12.5 Å². The van der Waals surface area contributed by atoms with Crippen LogP contribution in [-0.4, -0.2) is 22.9 Å². The average Bonchev–Trinajstić information content (AvgIpc) is 2.67. The molecule has 0 amide bonds. The molecule has 1 fully saturated rings. The van der Waals surface area contributed by atoms with Gasteiger partial charge in [-0.3, -0.25) is 0 Å². The van der Waals surface area contributed by atoms with E-state index in [0.29, 0.717) is 5.92 Å². The Morgan fingerprint density at radius 2 is 2.40 bits per heavy atom. The van der Waals surface area contributed by atoms with Gasteiger partial charge in [0.2, 0.25) is 0 Å². The Hall–Kier alpha value is -0.0400. The van der Waals surface area contributed by atoms with Gasteiger partial charge >= 0.3 is 0 Å². The molecule has 1 aliphatic carbocycles. The molecule has 1 rings (SSSR count). The van der Waals surface area contributed by atoms with Crippen LogP contribution in [-0.2, 0) is 0 Å². The van der Waals surface area contributed by atoms with E-state index < -0.39 is 6.10 Å². The van der Waals surface area contributed by atoms with Crippen LogP contribution in [0.25, 0.3) is 0 Å². The minimum Gasteiger partial charge on any atom is -0.394 e. The number of halogens is 1. The summed E-state index contributed by atoms with van der Waals surface area (Å²) in [7, 11) is 0. The largest absolute Gasteiger partial charge is 0.394 e. The predicted octanol–water partition coefficient (Wildman–Crippen LogP) is 0.332. The lowest BCUT2D eigenvalue weighted by Gasteiger charge is -2.01. The van der Waals surface area contributed by atoms with Gasteiger partial charge in [-0.25, -0.2) is 0 Å². The Kier molecular flexibility index (Phi) is 2.72. The van der Waals surface area contributed by atoms with Gasteiger partial charge in [0, 0.05) is 27.8 Å². The molecule has 2 nitrogen and oxygen atoms in total. The Morgan fingerprint density at radius 3 is 2.90 bits per heavy atom. The Labute approximate surface area is 68.4 Å². The molecule has 0 aromatic carbocycles. The standard InChI is InChI=1S/C7H9BrO2/c8-2-1-5-3-6(5)7(10)4-9/h5-7,9-10H,3-4H2/t5-,6-,7?/m0/s1. The third-order valence-corrected chi connectivity index (χ3v) is 1.99. The molecule has 0 aliphatic heterocycles. The smallest absolute Gasteiger partial charge is 0.0811 e. The molecule has 10 heavy (non-hydrogen) atoms. The summed E-state index contributed by atoms with van der Waals surface area (Å²) in [5.74, 6) is 3.38. The lowest BCUT2D eigenvalue weighted by Crippen LogP contribution is -2.15. The molecule has 2 N–H and O–H groups in total. The third kappa shape index (κ3) is 1.72. The average molecular weight is 205 g/mol. The summed E-state index contributed by atoms with van der Waals surface area (Å²) in [6.45, 7) is -0.148. The van der Waals surface area contributed by atoms with Crippen molar-refractivity contribution in [1.29, 1.82) is 0 Å². The van der Waals surface area contributed by atoms with Crippen LogP contribution in [0.15, 0.2) is 0 Å². The maximum atomic E-state index is 9.06. The molecule has 0 spiro atoms. The van der Waals surface area contributed by atoms with Crippen LogP contribution >= 0.6 is 15.9 Å². The molecule has 1 saturated carbocycles. The Balaban J connectivity index is 2.29. The highest BCUT2D eigenvalue weighted by Gasteiger charge is 2.40. The maximum Gasteiger partial charge on any atom is 0.0811 e. The van der Waals surface area contributed by atoms with Crippen molar-refractivity contribution in [3.63, 3.8) is 0 Å². The normalized spacial score (nSPS) is 32.3. The molecule has 0 aromatic heterocycles. The first-order valence-corrected chi connectivity index (χ1v) is 3.99. The number of aliphatic hydroxyl groups excluding tert-OH is 2. The molecule has 0 bridgehead atoms. The molecule has 0 heterocycles. The van der Waals surface area contributed by atoms with Crippen molar-refractivity contribution < 1.29 is 10.2 Å². The fourth-order valence-corrected chi connectivity index (χ4v) is 1.31. The molecule has 1 unspecified atom stereocenters. The number of hydrogen-bond acceptors (Lipinski definition) is 2. The summed E-state index contributed by atoms with van der Waals surface area (Å²) in [5.41, 5.74) is 0. The maximum absolute atomic E-state index is 9.06. The van der Waals surface area contributed by atoms with Crippen molar-refractivity contribution in [3.8, 4) is 10.8 Å². The Morgan fingerprint density at radius 1 is 1.70 bits per heavy atom. The minimum absolute atomic E-state index is 0.148. The third-order valence-electron chi connectivity index (χ3n) is 1.76. The first kappa shape index (κ1) is 8.06. The highest BCUT2D eigenvalue weighted by Crippen LogP contribution is 2.40. The van der Waals surface area contributed by atoms with Gasteiger partial charge in [0.1, 0.15) is 0 Å². The topological polar surface area (TPSA) is 40.5 Å². The molecule has 3 atom stereocenters. The molecule has 3 heteroatoms. The van der Waals surface area contributed by atoms with Crippen molar-refractivity contribution in [2.75, 3.05) is 6.61 Å². The van der Waals surface area contributed by atoms with Gasteiger partial charge < -0.3 is 10.2 Å². The zero-order valence-corrected chi connectivity index (χ0v) is 7.00. The van der Waals surface area contributed by atoms with Crippen molar-refractivity contribution in [2.24, 2.45) is 11.8 Å². The van der Waals surface area contributed by atoms with Crippen LogP contribution in [0.3, 0.4) is 0 Å². The van der Waals surface area contributed by atoms with Crippen molar-refractivity contribution >= 4 is 15.9 Å². The van der Waals surface area contributed by atoms with E-state index in [0.717, 1.165) is 6.42 Å². The first-order valence-electron chi connectivity index (χ1n) is 3.19. The highest BCUT2D eigenvalue weighted by atomic mass is 79.9. The van der Waals surface area contributed by atoms with E-state index in [1.54, 1.807) is 0 Å². The quantitative estimate of drug-likeness (QED) is 0.638. The second-order valence-corrected chi connectivity index (χ2v) is 2.89. The summed E-state index contributed by atoms with van der Waals surface area (Å²) >= 11 is 2.98. The number of rotatable bonds is 2. The minimum atomic E-state index is -0.571. The van der Waals surface area contributed by atoms with Gasteiger partial charge in [0.15, 0.2) is 0 Å². The van der Waals surface area contributed by atoms with E-state index in [9.17, 15) is 0 Å². The van der Waals surface area contributed by atoms with Crippen LogP contribution in [0.1, 0.15) is 6.42 Å². The molecule has 0 aromatic rings. The van der Waals surface area contributed by atoms with Crippen molar-refractivity contribution in [1.82, 2.24) is 0 Å². The van der Waals surface area contributed by atoms with E-state index in [2.05, 4.69) is 26.7 Å². The predicted molar refractivity (Wildman–Crippen MR) is 41.4 cm³/mol. The zero-order valence-electron chi connectivity index (χ0n) is 5.42. The summed E-state index contributed by atoms with van der Waals surface area (Å²) in [6, 6.07) is 0. The lowest BCUT2D eigenvalue weighted by atomic mass is 10.2. The summed E-state index contributed by atoms with van der Waals surface area (Å²) < 4.78 is 0. The molecule has 0 radical (unpaired) electrons. The fourth-order valence-electron chi connectivity index (χ4n) is 1.01. The summed E-state index contributed by atoms with van der Waals surface area (Å²) in [6.07, 6.45) is 0.346. The molecule has 56 valence electrons. The van der Waals surface area contributed by atoms with Crippen LogP contribution in [0, 0.1) is 22.6 Å². The summed E-state index contributed by atoms with van der Waals surface area (Å²) in [5, 5.41) is 17.6. The van der Waals surface area contributed by atoms with Crippen LogP contribution in [0.5, 0.6) is 0 Å². The SMILES string of the molecule is OCC(O)[C@H]1C[C@@H]1C#CBr. The molecular formula is C7H9BrO2. The van der Waals surface area contributed by atoms with Gasteiger partial charge in [-0.15, -0.1) is 0 Å². The van der Waals surface area contributed by atoms with Crippen molar-refractivity contribution in [2.45, 2.75) is 12.5 Å². The van der Waals surface area contributed by atoms with Crippen LogP contribution < -0.4 is 0 Å². The second kappa shape index (κ2) is 3.38. The second-order valence-electron chi connectivity index (χ2n) is 2.49. The van der Waals surface area contributed by atoms with Gasteiger partial charge in [0.05, 0.1) is 12.7 Å². The van der Waals surface area contributed by atoms with Crippen molar-refractivity contribution in [3.05, 3.63) is 0 Å². The zero-order chi connectivity index (χ0) is 7.56. The molecule has 0 saturated heterocycles. The van der Waals surface area contributed by atoms with Gasteiger partial charge in [-0.2, -0.15) is 0 Å². The van der Waals surface area contributed by atoms with Crippen LogP contribution in [0.4, 0.5) is 0 Å². The van der Waals surface area contributed by atoms with Gasteiger partial charge in [-0.05, 0) is 11.3 Å². The lowest BCUT2D eigenvalue weighted by molar-refractivity contribution is 0.0757. The molecule has 1 aliphatic rings. The highest BCUT2D eigenvalue weighted by molar-refractivity contribution is 9.12. The van der Waals surface area contributed by atoms with E-state index >= 15 is 0 Å². The van der Waals surface area contributed by atoms with Crippen LogP contribution in [0.2, 0.25) is 0 Å². The number of hydrogen-bond donors (Lipinski definition) is 2. The summed E-state index contributed by atoms with van der Waals surface area (Å²) in [4.78, 5) is 2.61. The van der Waals surface area contributed by atoms with Gasteiger partial charge in [-0.1, -0.05) is 5.92 Å².